The van der Waals surface area contributed by atoms with E-state index in [4.69, 9.17) is 9.84 Å². The number of hydrogen-bond acceptors (Lipinski definition) is 7. The molecule has 9 heteroatoms. The molecule has 3 rings (SSSR count). The number of benzene rings is 1. The van der Waals surface area contributed by atoms with Gasteiger partial charge in [0.15, 0.2) is 11.2 Å². The van der Waals surface area contributed by atoms with Crippen molar-refractivity contribution in [1.29, 1.82) is 0 Å². The Labute approximate surface area is 135 Å². The summed E-state index contributed by atoms with van der Waals surface area (Å²) < 4.78 is 6.70. The van der Waals surface area contributed by atoms with Crippen molar-refractivity contribution in [3.8, 4) is 11.4 Å². The molecule has 0 aliphatic carbocycles. The monoisotopic (exact) mass is 331 g/mol. The lowest BCUT2D eigenvalue weighted by Gasteiger charge is -2.05. The summed E-state index contributed by atoms with van der Waals surface area (Å²) in [6.07, 6.45) is 1.38. The molecule has 0 aliphatic rings. The third-order valence-electron chi connectivity index (χ3n) is 3.16. The van der Waals surface area contributed by atoms with Crippen LogP contribution in [-0.4, -0.2) is 48.4 Å². The van der Waals surface area contributed by atoms with Crippen molar-refractivity contribution in [2.24, 2.45) is 0 Å². The van der Waals surface area contributed by atoms with Crippen LogP contribution in [0.25, 0.3) is 16.9 Å². The van der Waals surface area contributed by atoms with Crippen LogP contribution >= 0.6 is 11.8 Å². The Morgan fingerprint density at radius 3 is 2.70 bits per heavy atom. The number of nitrogens with zero attached hydrogens (tertiary/aromatic N) is 5. The summed E-state index contributed by atoms with van der Waals surface area (Å²) >= 11 is 1.11. The number of carbonyl (C=O) groups is 1. The predicted octanol–water partition coefficient (Wildman–Crippen LogP) is 1.78. The van der Waals surface area contributed by atoms with Gasteiger partial charge in [-0.25, -0.2) is 9.97 Å². The average molecular weight is 331 g/mol. The van der Waals surface area contributed by atoms with Gasteiger partial charge in [-0.1, -0.05) is 17.0 Å². The Hall–Kier alpha value is -2.68. The van der Waals surface area contributed by atoms with Crippen molar-refractivity contribution in [1.82, 2.24) is 25.0 Å². The Balaban J connectivity index is 2.02. The molecule has 1 atom stereocenters. The van der Waals surface area contributed by atoms with Crippen molar-refractivity contribution < 1.29 is 14.6 Å². The summed E-state index contributed by atoms with van der Waals surface area (Å²) in [6.45, 7) is 1.59. The van der Waals surface area contributed by atoms with Gasteiger partial charge < -0.3 is 9.84 Å². The highest BCUT2D eigenvalue weighted by atomic mass is 32.2. The highest BCUT2D eigenvalue weighted by Gasteiger charge is 2.19. The predicted molar refractivity (Wildman–Crippen MR) is 84.0 cm³/mol. The first-order valence-electron chi connectivity index (χ1n) is 6.70. The summed E-state index contributed by atoms with van der Waals surface area (Å²) in [4.78, 5) is 19.3. The van der Waals surface area contributed by atoms with Gasteiger partial charge in [-0.05, 0) is 31.2 Å². The third kappa shape index (κ3) is 2.95. The molecule has 1 unspecified atom stereocenters. The number of aromatic nitrogens is 5. The highest BCUT2D eigenvalue weighted by molar-refractivity contribution is 8.00. The van der Waals surface area contributed by atoms with E-state index in [1.165, 1.54) is 6.33 Å². The Morgan fingerprint density at radius 1 is 1.30 bits per heavy atom. The van der Waals surface area contributed by atoms with Crippen LogP contribution in [0.15, 0.2) is 35.6 Å². The number of aliphatic carboxylic acids is 1. The molecule has 2 heterocycles. The van der Waals surface area contributed by atoms with E-state index in [0.717, 1.165) is 23.2 Å². The summed E-state index contributed by atoms with van der Waals surface area (Å²) in [5.41, 5.74) is 1.76. The fraction of sp³-hybridized carbons (Fsp3) is 0.214. The van der Waals surface area contributed by atoms with Gasteiger partial charge in [0.25, 0.3) is 0 Å². The molecule has 8 nitrogen and oxygen atoms in total. The standard InChI is InChI=1S/C14H13N5O3S/c1-8(14(20)21)23-13-11-12(15-7-16-13)19(18-17-11)9-3-5-10(22-2)6-4-9/h3-8H,1-2H3,(H,20,21). The molecule has 3 aromatic rings. The molecule has 0 saturated carbocycles. The lowest BCUT2D eigenvalue weighted by atomic mass is 10.3. The van der Waals surface area contributed by atoms with Crippen LogP contribution in [0, 0.1) is 0 Å². The second kappa shape index (κ2) is 6.21. The van der Waals surface area contributed by atoms with Gasteiger partial charge in [-0.2, -0.15) is 4.68 Å². The Bertz CT molecular complexity index is 849. The van der Waals surface area contributed by atoms with Gasteiger partial charge >= 0.3 is 5.97 Å². The maximum absolute atomic E-state index is 11.0. The van der Waals surface area contributed by atoms with E-state index >= 15 is 0 Å². The minimum atomic E-state index is -0.913. The lowest BCUT2D eigenvalue weighted by molar-refractivity contribution is -0.136. The van der Waals surface area contributed by atoms with E-state index in [-0.39, 0.29) is 0 Å². The molecule has 23 heavy (non-hydrogen) atoms. The first-order chi connectivity index (χ1) is 11.1. The molecule has 2 aromatic heterocycles. The second-order valence-electron chi connectivity index (χ2n) is 4.65. The quantitative estimate of drug-likeness (QED) is 0.557. The summed E-state index contributed by atoms with van der Waals surface area (Å²) in [7, 11) is 1.60. The molecule has 1 N–H and O–H groups in total. The molecular formula is C14H13N5O3S. The van der Waals surface area contributed by atoms with Crippen LogP contribution in [0.5, 0.6) is 5.75 Å². The smallest absolute Gasteiger partial charge is 0.316 e. The van der Waals surface area contributed by atoms with Crippen LogP contribution in [0.3, 0.4) is 0 Å². The number of ether oxygens (including phenoxy) is 1. The lowest BCUT2D eigenvalue weighted by Crippen LogP contribution is -2.11. The first-order valence-corrected chi connectivity index (χ1v) is 7.58. The van der Waals surface area contributed by atoms with Crippen molar-refractivity contribution in [2.75, 3.05) is 7.11 Å². The van der Waals surface area contributed by atoms with Crippen LogP contribution in [0.1, 0.15) is 6.92 Å². The number of fused-ring (bicyclic) bond motifs is 1. The third-order valence-corrected chi connectivity index (χ3v) is 4.23. The molecule has 118 valence electrons. The Kier molecular flexibility index (Phi) is 4.11. The molecule has 0 spiro atoms. The van der Waals surface area contributed by atoms with Crippen LogP contribution in [0.4, 0.5) is 0 Å². The van der Waals surface area contributed by atoms with Crippen LogP contribution < -0.4 is 4.74 Å². The molecule has 0 fully saturated rings. The number of thioether (sulfide) groups is 1. The summed E-state index contributed by atoms with van der Waals surface area (Å²) in [5, 5.41) is 17.1. The molecule has 0 amide bonds. The van der Waals surface area contributed by atoms with E-state index in [0.29, 0.717) is 16.2 Å². The average Bonchev–Trinajstić information content (AvgIpc) is 3.00. The maximum atomic E-state index is 11.0. The minimum absolute atomic E-state index is 0.474. The second-order valence-corrected chi connectivity index (χ2v) is 5.98. The maximum Gasteiger partial charge on any atom is 0.316 e. The number of rotatable bonds is 5. The molecule has 0 bridgehead atoms. The van der Waals surface area contributed by atoms with Crippen molar-refractivity contribution >= 4 is 28.9 Å². The van der Waals surface area contributed by atoms with Crippen LogP contribution in [-0.2, 0) is 4.79 Å². The SMILES string of the molecule is COc1ccc(-n2nnc3c(SC(C)C(=O)O)ncnc32)cc1. The van der Waals surface area contributed by atoms with Gasteiger partial charge in [0.1, 0.15) is 22.4 Å². The number of carboxylic acids is 1. The van der Waals surface area contributed by atoms with Crippen molar-refractivity contribution in [2.45, 2.75) is 17.2 Å². The van der Waals surface area contributed by atoms with Gasteiger partial charge in [0.2, 0.25) is 0 Å². The fourth-order valence-corrected chi connectivity index (χ4v) is 2.72. The summed E-state index contributed by atoms with van der Waals surface area (Å²) in [6, 6.07) is 7.29. The topological polar surface area (TPSA) is 103 Å². The number of methoxy groups -OCH3 is 1. The zero-order chi connectivity index (χ0) is 16.4. The molecular weight excluding hydrogens is 318 g/mol. The van der Waals surface area contributed by atoms with Gasteiger partial charge in [-0.3, -0.25) is 4.79 Å². The van der Waals surface area contributed by atoms with E-state index in [2.05, 4.69) is 20.3 Å². The van der Waals surface area contributed by atoms with Crippen molar-refractivity contribution in [3.05, 3.63) is 30.6 Å². The minimum Gasteiger partial charge on any atom is -0.497 e. The van der Waals surface area contributed by atoms with E-state index < -0.39 is 11.2 Å². The Morgan fingerprint density at radius 2 is 2.04 bits per heavy atom. The van der Waals surface area contributed by atoms with Crippen molar-refractivity contribution in [3.63, 3.8) is 0 Å². The normalized spacial score (nSPS) is 12.3. The highest BCUT2D eigenvalue weighted by Crippen LogP contribution is 2.27. The van der Waals surface area contributed by atoms with Gasteiger partial charge in [0.05, 0.1) is 12.8 Å². The van der Waals surface area contributed by atoms with Crippen LogP contribution in [0.2, 0.25) is 0 Å². The van der Waals surface area contributed by atoms with Gasteiger partial charge in [0, 0.05) is 0 Å². The zero-order valence-electron chi connectivity index (χ0n) is 12.4. The fourth-order valence-electron chi connectivity index (χ4n) is 1.93. The van der Waals surface area contributed by atoms with E-state index in [1.807, 2.05) is 24.3 Å². The van der Waals surface area contributed by atoms with E-state index in [9.17, 15) is 4.79 Å². The summed E-state index contributed by atoms with van der Waals surface area (Å²) in [5.74, 6) is -0.177. The molecule has 0 radical (unpaired) electrons. The first kappa shape index (κ1) is 15.2. The zero-order valence-corrected chi connectivity index (χ0v) is 13.2. The molecule has 1 aromatic carbocycles. The number of carboxylic acid groups (broad SMARTS) is 1. The number of hydrogen-bond donors (Lipinski definition) is 1. The molecule has 0 saturated heterocycles. The van der Waals surface area contributed by atoms with E-state index in [1.54, 1.807) is 18.7 Å². The molecule has 0 aliphatic heterocycles. The largest absolute Gasteiger partial charge is 0.497 e. The van der Waals surface area contributed by atoms with Gasteiger partial charge in [-0.15, -0.1) is 5.10 Å².